The Balaban J connectivity index is 1.81. The molecule has 0 saturated heterocycles. The van der Waals surface area contributed by atoms with Crippen molar-refractivity contribution >= 4 is 5.97 Å². The van der Waals surface area contributed by atoms with Crippen LogP contribution in [-0.2, 0) is 10.3 Å². The SMILES string of the molecule is O=C(O)C12C[C@H]3C[C@H](C1)CC(n1cncn1)(C3)C2. The topological polar surface area (TPSA) is 68.0 Å². The molecule has 1 N–H and O–H groups in total. The van der Waals surface area contributed by atoms with E-state index in [1.54, 1.807) is 12.7 Å². The van der Waals surface area contributed by atoms with Crippen LogP contribution in [0.2, 0.25) is 0 Å². The van der Waals surface area contributed by atoms with Gasteiger partial charge in [0.15, 0.2) is 0 Å². The molecular weight excluding hydrogens is 230 g/mol. The maximum Gasteiger partial charge on any atom is 0.309 e. The molecule has 4 saturated carbocycles. The molecule has 0 aliphatic heterocycles. The lowest BCUT2D eigenvalue weighted by Gasteiger charge is -2.60. The lowest BCUT2D eigenvalue weighted by Crippen LogP contribution is -2.59. The second-order valence-electron chi connectivity index (χ2n) is 6.61. The lowest BCUT2D eigenvalue weighted by molar-refractivity contribution is -0.173. The maximum absolute atomic E-state index is 11.7. The van der Waals surface area contributed by atoms with Crippen LogP contribution in [-0.4, -0.2) is 25.8 Å². The zero-order valence-electron chi connectivity index (χ0n) is 10.2. The molecule has 0 amide bonds. The number of carboxylic acids is 1. The quantitative estimate of drug-likeness (QED) is 0.863. The molecule has 1 aromatic heterocycles. The summed E-state index contributed by atoms with van der Waals surface area (Å²) in [6.07, 6.45) is 9.19. The molecule has 0 aromatic carbocycles. The van der Waals surface area contributed by atoms with E-state index >= 15 is 0 Å². The average molecular weight is 247 g/mol. The van der Waals surface area contributed by atoms with Crippen LogP contribution in [0.15, 0.2) is 12.7 Å². The van der Waals surface area contributed by atoms with Gasteiger partial charge in [0.25, 0.3) is 0 Å². The van der Waals surface area contributed by atoms with E-state index in [0.29, 0.717) is 11.8 Å². The summed E-state index contributed by atoms with van der Waals surface area (Å²) in [5, 5.41) is 14.0. The van der Waals surface area contributed by atoms with Gasteiger partial charge < -0.3 is 5.11 Å². The summed E-state index contributed by atoms with van der Waals surface area (Å²) in [4.78, 5) is 15.8. The minimum absolute atomic E-state index is 0.0705. The Morgan fingerprint density at radius 1 is 1.28 bits per heavy atom. The summed E-state index contributed by atoms with van der Waals surface area (Å²) in [5.41, 5.74) is -0.561. The average Bonchev–Trinajstić information content (AvgIpc) is 2.80. The predicted octanol–water partition coefficient (Wildman–Crippen LogP) is 1.66. The van der Waals surface area contributed by atoms with Crippen molar-refractivity contribution in [1.82, 2.24) is 14.8 Å². The largest absolute Gasteiger partial charge is 0.481 e. The Labute approximate surface area is 105 Å². The van der Waals surface area contributed by atoms with E-state index in [9.17, 15) is 9.90 Å². The van der Waals surface area contributed by atoms with Crippen molar-refractivity contribution in [2.75, 3.05) is 0 Å². The van der Waals surface area contributed by atoms with Gasteiger partial charge in [-0.3, -0.25) is 4.79 Å². The van der Waals surface area contributed by atoms with Gasteiger partial charge in [0.2, 0.25) is 0 Å². The smallest absolute Gasteiger partial charge is 0.309 e. The number of carboxylic acid groups (broad SMARTS) is 1. The van der Waals surface area contributed by atoms with E-state index in [1.165, 1.54) is 6.42 Å². The van der Waals surface area contributed by atoms with E-state index in [-0.39, 0.29) is 5.54 Å². The molecule has 1 heterocycles. The van der Waals surface area contributed by atoms with Gasteiger partial charge in [0.05, 0.1) is 11.0 Å². The van der Waals surface area contributed by atoms with E-state index in [4.69, 9.17) is 0 Å². The third kappa shape index (κ3) is 1.19. The standard InChI is InChI=1S/C13H17N3O2/c17-11(18)12-2-9-1-10(3-12)5-13(4-9,6-12)16-8-14-7-15-16/h7-10H,1-6H2,(H,17,18)/t9-,10-,12?,13?/m1/s1. The number of nitrogens with zero attached hydrogens (tertiary/aromatic N) is 3. The zero-order chi connectivity index (χ0) is 12.4. The molecule has 2 atom stereocenters. The number of rotatable bonds is 2. The highest BCUT2D eigenvalue weighted by Crippen LogP contribution is 2.64. The first-order chi connectivity index (χ1) is 8.62. The van der Waals surface area contributed by atoms with Crippen LogP contribution in [0.25, 0.3) is 0 Å². The van der Waals surface area contributed by atoms with E-state index in [1.807, 2.05) is 4.68 Å². The number of hydrogen-bond acceptors (Lipinski definition) is 3. The van der Waals surface area contributed by atoms with Crippen LogP contribution in [0.5, 0.6) is 0 Å². The van der Waals surface area contributed by atoms with Gasteiger partial charge in [0, 0.05) is 0 Å². The maximum atomic E-state index is 11.7. The molecule has 5 heteroatoms. The third-order valence-electron chi connectivity index (χ3n) is 5.39. The molecule has 4 bridgehead atoms. The molecule has 0 spiro atoms. The van der Waals surface area contributed by atoms with Crippen LogP contribution in [0.4, 0.5) is 0 Å². The van der Waals surface area contributed by atoms with Gasteiger partial charge in [-0.05, 0) is 50.4 Å². The van der Waals surface area contributed by atoms with Gasteiger partial charge in [-0.2, -0.15) is 5.10 Å². The fraction of sp³-hybridized carbons (Fsp3) is 0.769. The van der Waals surface area contributed by atoms with Crippen molar-refractivity contribution in [3.05, 3.63) is 12.7 Å². The fourth-order valence-corrected chi connectivity index (χ4v) is 5.19. The second-order valence-corrected chi connectivity index (χ2v) is 6.61. The molecule has 0 unspecified atom stereocenters. The zero-order valence-corrected chi connectivity index (χ0v) is 10.2. The number of aromatic nitrogens is 3. The Kier molecular flexibility index (Phi) is 1.83. The molecule has 96 valence electrons. The van der Waals surface area contributed by atoms with Crippen LogP contribution in [0.3, 0.4) is 0 Å². The Bertz CT molecular complexity index is 482. The minimum atomic E-state index is -0.596. The summed E-state index contributed by atoms with van der Waals surface area (Å²) in [6.45, 7) is 0. The van der Waals surface area contributed by atoms with Gasteiger partial charge in [0.1, 0.15) is 12.7 Å². The van der Waals surface area contributed by atoms with Crippen molar-refractivity contribution in [3.63, 3.8) is 0 Å². The van der Waals surface area contributed by atoms with Gasteiger partial charge in [-0.25, -0.2) is 9.67 Å². The first kappa shape index (κ1) is 10.5. The molecule has 4 aliphatic rings. The number of aliphatic carboxylic acids is 1. The van der Waals surface area contributed by atoms with Crippen LogP contribution in [0, 0.1) is 17.3 Å². The van der Waals surface area contributed by atoms with E-state index in [2.05, 4.69) is 10.1 Å². The van der Waals surface area contributed by atoms with Crippen molar-refractivity contribution in [3.8, 4) is 0 Å². The van der Waals surface area contributed by atoms with Gasteiger partial charge in [-0.1, -0.05) is 0 Å². The number of carbonyl (C=O) groups is 1. The third-order valence-corrected chi connectivity index (χ3v) is 5.39. The Morgan fingerprint density at radius 2 is 2.00 bits per heavy atom. The van der Waals surface area contributed by atoms with Crippen LogP contribution < -0.4 is 0 Å². The van der Waals surface area contributed by atoms with Crippen molar-refractivity contribution in [1.29, 1.82) is 0 Å². The molecule has 18 heavy (non-hydrogen) atoms. The summed E-state index contributed by atoms with van der Waals surface area (Å²) < 4.78 is 1.95. The van der Waals surface area contributed by atoms with Crippen LogP contribution in [0.1, 0.15) is 38.5 Å². The van der Waals surface area contributed by atoms with E-state index in [0.717, 1.165) is 32.1 Å². The summed E-state index contributed by atoms with van der Waals surface area (Å²) in [5.74, 6) is 0.527. The van der Waals surface area contributed by atoms with Gasteiger partial charge >= 0.3 is 5.97 Å². The first-order valence-electron chi connectivity index (χ1n) is 6.70. The molecule has 5 nitrogen and oxygen atoms in total. The fourth-order valence-electron chi connectivity index (χ4n) is 5.19. The van der Waals surface area contributed by atoms with E-state index < -0.39 is 11.4 Å². The van der Waals surface area contributed by atoms with Crippen LogP contribution >= 0.6 is 0 Å². The summed E-state index contributed by atoms with van der Waals surface area (Å²) >= 11 is 0. The molecule has 4 aliphatic carbocycles. The predicted molar refractivity (Wildman–Crippen MR) is 62.7 cm³/mol. The highest BCUT2D eigenvalue weighted by molar-refractivity contribution is 5.75. The number of hydrogen-bond donors (Lipinski definition) is 1. The summed E-state index contributed by atoms with van der Waals surface area (Å²) in [6, 6.07) is 0. The molecule has 4 fully saturated rings. The molecule has 0 radical (unpaired) electrons. The van der Waals surface area contributed by atoms with Crippen molar-refractivity contribution < 1.29 is 9.90 Å². The van der Waals surface area contributed by atoms with Crippen molar-refractivity contribution in [2.24, 2.45) is 17.3 Å². The Hall–Kier alpha value is -1.39. The molecule has 1 aromatic rings. The molecular formula is C13H17N3O2. The summed E-state index contributed by atoms with van der Waals surface area (Å²) in [7, 11) is 0. The molecule has 5 rings (SSSR count). The lowest BCUT2D eigenvalue weighted by atomic mass is 9.47. The first-order valence-corrected chi connectivity index (χ1v) is 6.70. The highest BCUT2D eigenvalue weighted by atomic mass is 16.4. The second kappa shape index (κ2) is 3.13. The highest BCUT2D eigenvalue weighted by Gasteiger charge is 2.61. The Morgan fingerprint density at radius 3 is 2.56 bits per heavy atom. The minimum Gasteiger partial charge on any atom is -0.481 e. The van der Waals surface area contributed by atoms with Crippen molar-refractivity contribution in [2.45, 2.75) is 44.1 Å². The normalized spacial score (nSPS) is 45.3. The monoisotopic (exact) mass is 247 g/mol. The van der Waals surface area contributed by atoms with Gasteiger partial charge in [-0.15, -0.1) is 0 Å².